The molecule has 13 heavy (non-hydrogen) atoms. The predicted octanol–water partition coefficient (Wildman–Crippen LogP) is 1.84. The van der Waals surface area contributed by atoms with Gasteiger partial charge in [0.15, 0.2) is 0 Å². The largest absolute Gasteiger partial charge is 0.398 e. The number of hydrogen-bond donors (Lipinski definition) is 1. The van der Waals surface area contributed by atoms with Crippen molar-refractivity contribution in [2.75, 3.05) is 5.73 Å². The fraction of sp³-hybridized carbons (Fsp3) is 0.182. The molecule has 2 nitrogen and oxygen atoms in total. The summed E-state index contributed by atoms with van der Waals surface area (Å²) in [7, 11) is 0. The number of nitrogens with two attached hydrogens (primary N) is 1. The third-order valence-corrected chi connectivity index (χ3v) is 1.60. The Bertz CT molecular complexity index is 402. The number of nitrogen functional groups attached to an aromatic ring is 1. The van der Waals surface area contributed by atoms with Crippen LogP contribution in [-0.2, 0) is 0 Å². The number of rotatable bonds is 0. The van der Waals surface area contributed by atoms with E-state index < -0.39 is 0 Å². The Kier molecular flexibility index (Phi) is 2.95. The average molecular weight is 170 g/mol. The first-order valence-electron chi connectivity index (χ1n) is 3.96. The number of nitriles is 1. The van der Waals surface area contributed by atoms with Gasteiger partial charge < -0.3 is 5.73 Å². The van der Waals surface area contributed by atoms with Crippen molar-refractivity contribution in [3.63, 3.8) is 0 Å². The second-order valence-corrected chi connectivity index (χ2v) is 2.73. The molecule has 2 heteroatoms. The highest BCUT2D eigenvalue weighted by Crippen LogP contribution is 2.11. The third-order valence-electron chi connectivity index (χ3n) is 1.60. The zero-order chi connectivity index (χ0) is 9.68. The predicted molar refractivity (Wildman–Crippen MR) is 52.7 cm³/mol. The highest BCUT2D eigenvalue weighted by atomic mass is 14.5. The van der Waals surface area contributed by atoms with Gasteiger partial charge in [-0.2, -0.15) is 5.26 Å². The van der Waals surface area contributed by atoms with Gasteiger partial charge in [0.05, 0.1) is 12.5 Å². The molecule has 0 aliphatic carbocycles. The Balaban J connectivity index is 2.93. The van der Waals surface area contributed by atoms with Crippen LogP contribution in [0.5, 0.6) is 0 Å². The molecule has 0 amide bonds. The Morgan fingerprint density at radius 3 is 2.85 bits per heavy atom. The van der Waals surface area contributed by atoms with Gasteiger partial charge in [0.2, 0.25) is 0 Å². The van der Waals surface area contributed by atoms with E-state index in [1.807, 2.05) is 31.2 Å². The minimum Gasteiger partial charge on any atom is -0.398 e. The lowest BCUT2D eigenvalue weighted by Gasteiger charge is -1.98. The van der Waals surface area contributed by atoms with E-state index in [-0.39, 0.29) is 6.42 Å². The van der Waals surface area contributed by atoms with Crippen LogP contribution >= 0.6 is 0 Å². The molecule has 2 N–H and O–H groups in total. The van der Waals surface area contributed by atoms with Crippen LogP contribution in [0.25, 0.3) is 0 Å². The quantitative estimate of drug-likeness (QED) is 0.477. The van der Waals surface area contributed by atoms with Gasteiger partial charge in [0.1, 0.15) is 0 Å². The van der Waals surface area contributed by atoms with E-state index in [4.69, 9.17) is 11.0 Å². The summed E-state index contributed by atoms with van der Waals surface area (Å²) in [6, 6.07) is 7.65. The lowest BCUT2D eigenvalue weighted by atomic mass is 10.1. The van der Waals surface area contributed by atoms with Gasteiger partial charge >= 0.3 is 0 Å². The van der Waals surface area contributed by atoms with Crippen LogP contribution in [0, 0.1) is 30.1 Å². The van der Waals surface area contributed by atoms with E-state index in [0.717, 1.165) is 11.1 Å². The summed E-state index contributed by atoms with van der Waals surface area (Å²) in [6.45, 7) is 1.98. The molecule has 0 fully saturated rings. The average Bonchev–Trinajstić information content (AvgIpc) is 2.09. The lowest BCUT2D eigenvalue weighted by molar-refractivity contribution is 1.39. The lowest BCUT2D eigenvalue weighted by Crippen LogP contribution is -1.90. The maximum atomic E-state index is 8.27. The second kappa shape index (κ2) is 4.18. The molecular weight excluding hydrogens is 160 g/mol. The first-order valence-corrected chi connectivity index (χ1v) is 3.96. The molecule has 0 heterocycles. The SMILES string of the molecule is Cc1ccc(C#CCC#N)c(N)c1. The molecule has 64 valence electrons. The molecule has 1 rings (SSSR count). The van der Waals surface area contributed by atoms with Crippen molar-refractivity contribution in [3.05, 3.63) is 29.3 Å². The zero-order valence-electron chi connectivity index (χ0n) is 7.46. The topological polar surface area (TPSA) is 49.8 Å². The number of nitrogens with zero attached hydrogens (tertiary/aromatic N) is 1. The minimum absolute atomic E-state index is 0.243. The van der Waals surface area contributed by atoms with Crippen LogP contribution in [-0.4, -0.2) is 0 Å². The van der Waals surface area contributed by atoms with Gasteiger partial charge in [0.25, 0.3) is 0 Å². The van der Waals surface area contributed by atoms with E-state index in [0.29, 0.717) is 5.69 Å². The molecule has 0 saturated carbocycles. The summed E-state index contributed by atoms with van der Waals surface area (Å²) in [6.07, 6.45) is 0.243. The maximum absolute atomic E-state index is 8.27. The number of hydrogen-bond acceptors (Lipinski definition) is 2. The molecule has 0 radical (unpaired) electrons. The maximum Gasteiger partial charge on any atom is 0.0966 e. The fourth-order valence-corrected chi connectivity index (χ4v) is 0.975. The Morgan fingerprint density at radius 1 is 1.46 bits per heavy atom. The van der Waals surface area contributed by atoms with Crippen LogP contribution in [0.3, 0.4) is 0 Å². The third kappa shape index (κ3) is 2.54. The standard InChI is InChI=1S/C11H10N2/c1-9-5-6-10(11(13)8-9)4-2-3-7-12/h5-6,8H,3,13H2,1H3. The molecule has 0 saturated heterocycles. The molecule has 1 aromatic rings. The first-order chi connectivity index (χ1) is 6.24. The van der Waals surface area contributed by atoms with Crippen molar-refractivity contribution in [2.45, 2.75) is 13.3 Å². The minimum atomic E-state index is 0.243. The van der Waals surface area contributed by atoms with Crippen molar-refractivity contribution in [1.29, 1.82) is 5.26 Å². The number of benzene rings is 1. The molecule has 0 aromatic heterocycles. The normalized spacial score (nSPS) is 8.31. The van der Waals surface area contributed by atoms with Crippen molar-refractivity contribution in [1.82, 2.24) is 0 Å². The van der Waals surface area contributed by atoms with Crippen LogP contribution < -0.4 is 5.73 Å². The van der Waals surface area contributed by atoms with Gasteiger partial charge in [0, 0.05) is 11.3 Å². The van der Waals surface area contributed by atoms with Crippen LogP contribution in [0.2, 0.25) is 0 Å². The Morgan fingerprint density at radius 2 is 2.23 bits per heavy atom. The summed E-state index contributed by atoms with van der Waals surface area (Å²) >= 11 is 0. The van der Waals surface area contributed by atoms with E-state index in [2.05, 4.69) is 11.8 Å². The number of anilines is 1. The molecule has 0 atom stereocenters. The smallest absolute Gasteiger partial charge is 0.0966 e. The van der Waals surface area contributed by atoms with Crippen LogP contribution in [0.1, 0.15) is 17.5 Å². The Hall–Kier alpha value is -1.93. The summed E-state index contributed by atoms with van der Waals surface area (Å²) in [5, 5.41) is 8.27. The molecule has 0 aliphatic rings. The summed E-state index contributed by atoms with van der Waals surface area (Å²) in [5.41, 5.74) is 8.30. The monoisotopic (exact) mass is 170 g/mol. The van der Waals surface area contributed by atoms with Gasteiger partial charge in [-0.1, -0.05) is 17.9 Å². The van der Waals surface area contributed by atoms with E-state index in [1.54, 1.807) is 0 Å². The Labute approximate surface area is 78.0 Å². The zero-order valence-corrected chi connectivity index (χ0v) is 7.46. The molecule has 1 aromatic carbocycles. The van der Waals surface area contributed by atoms with Gasteiger partial charge in [-0.05, 0) is 24.6 Å². The highest BCUT2D eigenvalue weighted by molar-refractivity contribution is 5.57. The van der Waals surface area contributed by atoms with Crippen molar-refractivity contribution in [2.24, 2.45) is 0 Å². The van der Waals surface area contributed by atoms with E-state index >= 15 is 0 Å². The van der Waals surface area contributed by atoms with E-state index in [9.17, 15) is 0 Å². The molecule has 0 bridgehead atoms. The van der Waals surface area contributed by atoms with Gasteiger partial charge in [-0.3, -0.25) is 0 Å². The first kappa shape index (κ1) is 9.16. The molecule has 0 unspecified atom stereocenters. The highest BCUT2D eigenvalue weighted by Gasteiger charge is 1.93. The fourth-order valence-electron chi connectivity index (χ4n) is 0.975. The van der Waals surface area contributed by atoms with Gasteiger partial charge in [-0.15, -0.1) is 0 Å². The summed E-state index contributed by atoms with van der Waals surface area (Å²) < 4.78 is 0. The second-order valence-electron chi connectivity index (χ2n) is 2.73. The number of aryl methyl sites for hydroxylation is 1. The van der Waals surface area contributed by atoms with Crippen LogP contribution in [0.15, 0.2) is 18.2 Å². The van der Waals surface area contributed by atoms with Crippen molar-refractivity contribution in [3.8, 4) is 17.9 Å². The van der Waals surface area contributed by atoms with Crippen LogP contribution in [0.4, 0.5) is 5.69 Å². The molecule has 0 spiro atoms. The van der Waals surface area contributed by atoms with Gasteiger partial charge in [-0.25, -0.2) is 0 Å². The van der Waals surface area contributed by atoms with Crippen molar-refractivity contribution >= 4 is 5.69 Å². The molecular formula is C11H10N2. The summed E-state index contributed by atoms with van der Waals surface area (Å²) in [5.74, 6) is 5.56. The van der Waals surface area contributed by atoms with Crippen molar-refractivity contribution < 1.29 is 0 Å². The molecule has 0 aliphatic heterocycles. The summed E-state index contributed by atoms with van der Waals surface area (Å²) in [4.78, 5) is 0. The van der Waals surface area contributed by atoms with E-state index in [1.165, 1.54) is 0 Å².